The van der Waals surface area contributed by atoms with Crippen LogP contribution in [0.25, 0.3) is 0 Å². The van der Waals surface area contributed by atoms with E-state index in [4.69, 9.17) is 11.6 Å². The number of rotatable bonds is 4. The average molecular weight is 242 g/mol. The van der Waals surface area contributed by atoms with Crippen molar-refractivity contribution < 1.29 is 9.59 Å². The zero-order valence-corrected chi connectivity index (χ0v) is 9.33. The van der Waals surface area contributed by atoms with E-state index in [1.165, 1.54) is 0 Å². The van der Waals surface area contributed by atoms with E-state index < -0.39 is 6.03 Å². The van der Waals surface area contributed by atoms with Crippen molar-refractivity contribution in [1.82, 2.24) is 15.6 Å². The van der Waals surface area contributed by atoms with E-state index in [1.54, 1.807) is 24.5 Å². The van der Waals surface area contributed by atoms with E-state index >= 15 is 0 Å². The maximum absolute atomic E-state index is 11.2. The van der Waals surface area contributed by atoms with Crippen molar-refractivity contribution in [3.63, 3.8) is 0 Å². The SMILES string of the molecule is O=C(CCCl)NC(=O)NCc1ccncc1. The number of urea groups is 1. The van der Waals surface area contributed by atoms with Crippen molar-refractivity contribution in [1.29, 1.82) is 0 Å². The van der Waals surface area contributed by atoms with Crippen molar-refractivity contribution in [3.8, 4) is 0 Å². The second-order valence-corrected chi connectivity index (χ2v) is 3.40. The predicted molar refractivity (Wildman–Crippen MR) is 60.0 cm³/mol. The molecule has 0 aromatic carbocycles. The fraction of sp³-hybridized carbons (Fsp3) is 0.300. The molecule has 3 amide bonds. The quantitative estimate of drug-likeness (QED) is 0.774. The lowest BCUT2D eigenvalue weighted by Gasteiger charge is -2.05. The topological polar surface area (TPSA) is 71.1 Å². The van der Waals surface area contributed by atoms with Gasteiger partial charge in [-0.3, -0.25) is 15.1 Å². The Morgan fingerprint density at radius 3 is 2.62 bits per heavy atom. The van der Waals surface area contributed by atoms with Crippen molar-refractivity contribution in [2.45, 2.75) is 13.0 Å². The van der Waals surface area contributed by atoms with Gasteiger partial charge in [-0.05, 0) is 17.7 Å². The van der Waals surface area contributed by atoms with E-state index in [1.807, 2.05) is 0 Å². The fourth-order valence-corrected chi connectivity index (χ4v) is 1.17. The predicted octanol–water partition coefficient (Wildman–Crippen LogP) is 1.04. The number of amides is 3. The maximum atomic E-state index is 11.2. The Morgan fingerprint density at radius 1 is 1.31 bits per heavy atom. The van der Waals surface area contributed by atoms with Gasteiger partial charge in [0.2, 0.25) is 5.91 Å². The Balaban J connectivity index is 2.28. The van der Waals surface area contributed by atoms with Gasteiger partial charge in [-0.2, -0.15) is 0 Å². The highest BCUT2D eigenvalue weighted by Gasteiger charge is 2.05. The van der Waals surface area contributed by atoms with E-state index in [0.717, 1.165) is 5.56 Å². The van der Waals surface area contributed by atoms with Gasteiger partial charge < -0.3 is 5.32 Å². The second kappa shape index (κ2) is 6.79. The van der Waals surface area contributed by atoms with Gasteiger partial charge in [-0.1, -0.05) is 0 Å². The van der Waals surface area contributed by atoms with E-state index in [2.05, 4.69) is 15.6 Å². The first-order valence-corrected chi connectivity index (χ1v) is 5.28. The number of hydrogen-bond acceptors (Lipinski definition) is 3. The molecule has 1 aromatic rings. The normalized spacial score (nSPS) is 9.56. The van der Waals surface area contributed by atoms with Crippen LogP contribution in [-0.4, -0.2) is 22.8 Å². The van der Waals surface area contributed by atoms with Gasteiger partial charge in [0.15, 0.2) is 0 Å². The number of carbonyl (C=O) groups excluding carboxylic acids is 2. The lowest BCUT2D eigenvalue weighted by Crippen LogP contribution is -2.39. The Hall–Kier alpha value is -1.62. The van der Waals surface area contributed by atoms with Crippen LogP contribution in [0.15, 0.2) is 24.5 Å². The summed E-state index contributed by atoms with van der Waals surface area (Å²) in [6.07, 6.45) is 3.39. The zero-order valence-electron chi connectivity index (χ0n) is 8.57. The minimum absolute atomic E-state index is 0.129. The molecule has 0 unspecified atom stereocenters. The zero-order chi connectivity index (χ0) is 11.8. The van der Waals surface area contributed by atoms with Gasteiger partial charge >= 0.3 is 6.03 Å². The number of nitrogens with zero attached hydrogens (tertiary/aromatic N) is 1. The lowest BCUT2D eigenvalue weighted by atomic mass is 10.3. The number of carbonyl (C=O) groups is 2. The van der Waals surface area contributed by atoms with Crippen LogP contribution >= 0.6 is 11.6 Å². The average Bonchev–Trinajstić information content (AvgIpc) is 2.28. The number of pyridine rings is 1. The molecule has 0 aliphatic heterocycles. The Bertz CT molecular complexity index is 356. The molecule has 0 bridgehead atoms. The van der Waals surface area contributed by atoms with Gasteiger partial charge in [0.25, 0.3) is 0 Å². The summed E-state index contributed by atoms with van der Waals surface area (Å²) in [5, 5.41) is 4.71. The highest BCUT2D eigenvalue weighted by atomic mass is 35.5. The third-order valence-corrected chi connectivity index (χ3v) is 1.97. The Kier molecular flexibility index (Phi) is 5.28. The molecule has 16 heavy (non-hydrogen) atoms. The van der Waals surface area contributed by atoms with Crippen LogP contribution < -0.4 is 10.6 Å². The molecule has 0 atom stereocenters. The van der Waals surface area contributed by atoms with Crippen LogP contribution in [0.3, 0.4) is 0 Å². The van der Waals surface area contributed by atoms with Crippen LogP contribution in [0.4, 0.5) is 4.79 Å². The standard InChI is InChI=1S/C10H12ClN3O2/c11-4-1-9(15)14-10(16)13-7-8-2-5-12-6-3-8/h2-3,5-6H,1,4,7H2,(H2,13,14,15,16). The minimum atomic E-state index is -0.521. The molecule has 86 valence electrons. The molecule has 0 fully saturated rings. The number of halogens is 1. The van der Waals surface area contributed by atoms with E-state index in [0.29, 0.717) is 6.54 Å². The molecule has 0 aliphatic carbocycles. The molecule has 2 N–H and O–H groups in total. The molecule has 0 aliphatic rings. The summed E-state index contributed by atoms with van der Waals surface area (Å²) in [4.78, 5) is 26.0. The summed E-state index contributed by atoms with van der Waals surface area (Å²) in [7, 11) is 0. The molecule has 0 saturated carbocycles. The summed E-state index contributed by atoms with van der Waals surface area (Å²) in [6.45, 7) is 0.350. The monoisotopic (exact) mass is 241 g/mol. The number of imide groups is 1. The first kappa shape index (κ1) is 12.4. The van der Waals surface area contributed by atoms with E-state index in [9.17, 15) is 9.59 Å². The molecule has 6 heteroatoms. The Labute approximate surface area is 98.2 Å². The summed E-state index contributed by atoms with van der Waals surface area (Å²) in [5.74, 6) is -0.189. The summed E-state index contributed by atoms with van der Waals surface area (Å²) in [6, 6.07) is 3.04. The number of alkyl halides is 1. The summed E-state index contributed by atoms with van der Waals surface area (Å²) >= 11 is 5.35. The van der Waals surface area contributed by atoms with Crippen molar-refractivity contribution >= 4 is 23.5 Å². The molecular formula is C10H12ClN3O2. The molecule has 0 spiro atoms. The summed E-state index contributed by atoms with van der Waals surface area (Å²) < 4.78 is 0. The highest BCUT2D eigenvalue weighted by molar-refractivity contribution is 6.19. The van der Waals surface area contributed by atoms with Gasteiger partial charge in [-0.25, -0.2) is 4.79 Å². The fourth-order valence-electron chi connectivity index (χ4n) is 1.00. The molecule has 5 nitrogen and oxygen atoms in total. The first-order chi connectivity index (χ1) is 7.72. The minimum Gasteiger partial charge on any atom is -0.334 e. The lowest BCUT2D eigenvalue weighted by molar-refractivity contribution is -0.119. The Morgan fingerprint density at radius 2 is 2.00 bits per heavy atom. The van der Waals surface area contributed by atoms with E-state index in [-0.39, 0.29) is 18.2 Å². The third kappa shape index (κ3) is 4.75. The van der Waals surface area contributed by atoms with Gasteiger partial charge in [-0.15, -0.1) is 11.6 Å². The van der Waals surface area contributed by atoms with Crippen molar-refractivity contribution in [2.75, 3.05) is 5.88 Å². The highest BCUT2D eigenvalue weighted by Crippen LogP contribution is 1.94. The number of aromatic nitrogens is 1. The first-order valence-electron chi connectivity index (χ1n) is 4.75. The van der Waals surface area contributed by atoms with Gasteiger partial charge in [0.1, 0.15) is 0 Å². The molecular weight excluding hydrogens is 230 g/mol. The molecule has 1 heterocycles. The molecule has 1 aromatic heterocycles. The van der Waals surface area contributed by atoms with Crippen LogP contribution in [-0.2, 0) is 11.3 Å². The van der Waals surface area contributed by atoms with Crippen LogP contribution in [0.1, 0.15) is 12.0 Å². The van der Waals surface area contributed by atoms with Gasteiger partial charge in [0.05, 0.1) is 0 Å². The molecule has 0 saturated heterocycles. The molecule has 1 rings (SSSR count). The number of nitrogens with one attached hydrogen (secondary N) is 2. The summed E-state index contributed by atoms with van der Waals surface area (Å²) in [5.41, 5.74) is 0.912. The smallest absolute Gasteiger partial charge is 0.321 e. The van der Waals surface area contributed by atoms with Crippen molar-refractivity contribution in [3.05, 3.63) is 30.1 Å². The maximum Gasteiger partial charge on any atom is 0.321 e. The van der Waals surface area contributed by atoms with Crippen molar-refractivity contribution in [2.24, 2.45) is 0 Å². The van der Waals surface area contributed by atoms with Gasteiger partial charge in [0, 0.05) is 31.2 Å². The van der Waals surface area contributed by atoms with Crippen LogP contribution in [0, 0.1) is 0 Å². The number of hydrogen-bond donors (Lipinski definition) is 2. The third-order valence-electron chi connectivity index (χ3n) is 1.78. The van der Waals surface area contributed by atoms with Crippen LogP contribution in [0.5, 0.6) is 0 Å². The second-order valence-electron chi connectivity index (χ2n) is 3.03. The molecule has 0 radical (unpaired) electrons. The van der Waals surface area contributed by atoms with Crippen LogP contribution in [0.2, 0.25) is 0 Å². The largest absolute Gasteiger partial charge is 0.334 e.